The fourth-order valence-corrected chi connectivity index (χ4v) is 5.14. The van der Waals surface area contributed by atoms with Gasteiger partial charge in [-0.25, -0.2) is 4.98 Å². The van der Waals surface area contributed by atoms with Gasteiger partial charge in [-0.15, -0.1) is 0 Å². The lowest BCUT2D eigenvalue weighted by Gasteiger charge is -2.37. The highest BCUT2D eigenvalue weighted by Crippen LogP contribution is 2.37. The number of pyridine rings is 1. The van der Waals surface area contributed by atoms with Gasteiger partial charge in [-0.3, -0.25) is 4.79 Å². The van der Waals surface area contributed by atoms with Gasteiger partial charge < -0.3 is 9.64 Å². The predicted molar refractivity (Wildman–Crippen MR) is 94.9 cm³/mol. The molecule has 0 atom stereocenters. The van der Waals surface area contributed by atoms with Gasteiger partial charge in [0.25, 0.3) is 16.1 Å². The van der Waals surface area contributed by atoms with Crippen LogP contribution in [0.1, 0.15) is 10.4 Å². The van der Waals surface area contributed by atoms with Crippen molar-refractivity contribution in [1.29, 1.82) is 0 Å². The summed E-state index contributed by atoms with van der Waals surface area (Å²) in [6, 6.07) is 2.69. The molecular weight excluding hydrogens is 421 g/mol. The first kappa shape index (κ1) is 21.3. The number of aromatic nitrogens is 1. The minimum Gasteiger partial charge on any atom is -0.379 e. The van der Waals surface area contributed by atoms with E-state index in [0.29, 0.717) is 13.2 Å². The van der Waals surface area contributed by atoms with Crippen molar-refractivity contribution in [2.24, 2.45) is 0 Å². The van der Waals surface area contributed by atoms with Gasteiger partial charge in [0, 0.05) is 57.2 Å². The minimum atomic E-state index is -4.56. The number of morpholine rings is 1. The van der Waals surface area contributed by atoms with Crippen LogP contribution in [-0.2, 0) is 14.9 Å². The summed E-state index contributed by atoms with van der Waals surface area (Å²) in [5.74, 6) is -0.594. The molecule has 2 aliphatic rings. The Hall–Kier alpha value is -1.41. The summed E-state index contributed by atoms with van der Waals surface area (Å²) in [4.78, 5) is 17.7. The number of amides is 1. The van der Waals surface area contributed by atoms with E-state index in [1.165, 1.54) is 31.8 Å². The fraction of sp³-hybridized carbons (Fsp3) is 0.600. The van der Waals surface area contributed by atoms with Crippen LogP contribution in [0, 0.1) is 0 Å². The fourth-order valence-electron chi connectivity index (χ4n) is 2.98. The molecule has 0 N–H and O–H groups in total. The van der Waals surface area contributed by atoms with Crippen molar-refractivity contribution in [2.75, 3.05) is 52.5 Å². The molecule has 0 unspecified atom stereocenters. The third-order valence-corrected chi connectivity index (χ3v) is 7.15. The van der Waals surface area contributed by atoms with E-state index in [9.17, 15) is 26.4 Å². The van der Waals surface area contributed by atoms with Gasteiger partial charge in [-0.1, -0.05) is 0 Å². The third kappa shape index (κ3) is 4.95. The Morgan fingerprint density at radius 1 is 1.07 bits per heavy atom. The van der Waals surface area contributed by atoms with Crippen molar-refractivity contribution in [1.82, 2.24) is 18.5 Å². The molecule has 0 aliphatic carbocycles. The molecule has 3 heterocycles. The Morgan fingerprint density at radius 3 is 2.29 bits per heavy atom. The molecule has 156 valence electrons. The molecule has 0 bridgehead atoms. The second-order valence-corrected chi connectivity index (χ2v) is 9.10. The van der Waals surface area contributed by atoms with Crippen molar-refractivity contribution in [3.63, 3.8) is 0 Å². The second kappa shape index (κ2) is 8.53. The average Bonchev–Trinajstić information content (AvgIpc) is 2.67. The first-order valence-electron chi connectivity index (χ1n) is 8.51. The number of carbonyl (C=O) groups is 1. The number of halogens is 3. The summed E-state index contributed by atoms with van der Waals surface area (Å²) >= 11 is -0.440. The van der Waals surface area contributed by atoms with E-state index in [2.05, 4.69) is 4.98 Å². The SMILES string of the molecule is O=C(c1cccnc1SC(F)(F)F)N1CCN(S(=O)(=O)N2CCOCC2)CC1. The van der Waals surface area contributed by atoms with E-state index >= 15 is 0 Å². The summed E-state index contributed by atoms with van der Waals surface area (Å²) < 4.78 is 71.2. The van der Waals surface area contributed by atoms with Crippen LogP contribution in [0.3, 0.4) is 0 Å². The second-order valence-electron chi connectivity index (χ2n) is 6.11. The number of ether oxygens (including phenoxy) is 1. The number of piperazine rings is 1. The van der Waals surface area contributed by atoms with Gasteiger partial charge >= 0.3 is 5.51 Å². The van der Waals surface area contributed by atoms with Crippen molar-refractivity contribution >= 4 is 27.9 Å². The molecule has 1 amide bonds. The van der Waals surface area contributed by atoms with Crippen LogP contribution in [0.5, 0.6) is 0 Å². The molecule has 2 saturated heterocycles. The monoisotopic (exact) mass is 440 g/mol. The highest BCUT2D eigenvalue weighted by molar-refractivity contribution is 8.00. The van der Waals surface area contributed by atoms with Crippen molar-refractivity contribution in [2.45, 2.75) is 10.5 Å². The summed E-state index contributed by atoms with van der Waals surface area (Å²) in [6.45, 7) is 1.54. The number of rotatable bonds is 4. The lowest BCUT2D eigenvalue weighted by atomic mass is 10.2. The number of alkyl halides is 3. The van der Waals surface area contributed by atoms with Crippen LogP contribution in [0.25, 0.3) is 0 Å². The van der Waals surface area contributed by atoms with E-state index in [1.807, 2.05) is 0 Å². The van der Waals surface area contributed by atoms with Crippen molar-refractivity contribution < 1.29 is 31.1 Å². The van der Waals surface area contributed by atoms with Gasteiger partial charge in [0.05, 0.1) is 18.8 Å². The molecule has 0 radical (unpaired) electrons. The third-order valence-electron chi connectivity index (χ3n) is 4.36. The molecule has 2 aliphatic heterocycles. The zero-order valence-electron chi connectivity index (χ0n) is 14.8. The normalized spacial score (nSPS) is 20.3. The van der Waals surface area contributed by atoms with Gasteiger partial charge in [0.1, 0.15) is 5.03 Å². The zero-order valence-corrected chi connectivity index (χ0v) is 16.4. The average molecular weight is 440 g/mol. The number of nitrogens with zero attached hydrogens (tertiary/aromatic N) is 4. The maximum Gasteiger partial charge on any atom is 0.447 e. The molecule has 0 saturated carbocycles. The first-order chi connectivity index (χ1) is 13.2. The Bertz CT molecular complexity index is 808. The highest BCUT2D eigenvalue weighted by Gasteiger charge is 2.36. The molecule has 8 nitrogen and oxygen atoms in total. The van der Waals surface area contributed by atoms with E-state index < -0.39 is 38.4 Å². The van der Waals surface area contributed by atoms with Crippen molar-refractivity contribution in [3.05, 3.63) is 23.9 Å². The Kier molecular flexibility index (Phi) is 6.49. The molecule has 0 spiro atoms. The van der Waals surface area contributed by atoms with Crippen LogP contribution in [0.2, 0.25) is 0 Å². The number of hydrogen-bond donors (Lipinski definition) is 0. The van der Waals surface area contributed by atoms with Gasteiger partial charge in [0.15, 0.2) is 0 Å². The topological polar surface area (TPSA) is 83.1 Å². The maximum absolute atomic E-state index is 12.7. The zero-order chi connectivity index (χ0) is 20.4. The smallest absolute Gasteiger partial charge is 0.379 e. The van der Waals surface area contributed by atoms with Crippen LogP contribution >= 0.6 is 11.8 Å². The quantitative estimate of drug-likeness (QED) is 0.651. The maximum atomic E-state index is 12.7. The van der Waals surface area contributed by atoms with Gasteiger partial charge in [-0.05, 0) is 12.1 Å². The molecule has 3 rings (SSSR count). The molecular formula is C15H19F3N4O4S2. The lowest BCUT2D eigenvalue weighted by Crippen LogP contribution is -2.55. The van der Waals surface area contributed by atoms with Crippen LogP contribution in [0.15, 0.2) is 23.4 Å². The van der Waals surface area contributed by atoms with E-state index in [4.69, 9.17) is 4.74 Å². The molecule has 1 aromatic heterocycles. The number of hydrogen-bond acceptors (Lipinski definition) is 6. The highest BCUT2D eigenvalue weighted by atomic mass is 32.2. The summed E-state index contributed by atoms with van der Waals surface area (Å²) in [6.07, 6.45) is 1.19. The minimum absolute atomic E-state index is 0.0768. The van der Waals surface area contributed by atoms with Gasteiger partial charge in [0.2, 0.25) is 0 Å². The lowest BCUT2D eigenvalue weighted by molar-refractivity contribution is -0.0329. The van der Waals surface area contributed by atoms with Crippen molar-refractivity contribution in [3.8, 4) is 0 Å². The van der Waals surface area contributed by atoms with Crippen LogP contribution in [0.4, 0.5) is 13.2 Å². The molecule has 2 fully saturated rings. The Labute approximate surface area is 164 Å². The predicted octanol–water partition coefficient (Wildman–Crippen LogP) is 1.03. The molecule has 28 heavy (non-hydrogen) atoms. The van der Waals surface area contributed by atoms with E-state index in [0.717, 1.165) is 0 Å². The molecule has 1 aromatic rings. The number of carbonyl (C=O) groups excluding carboxylic acids is 1. The van der Waals surface area contributed by atoms with Gasteiger partial charge in [-0.2, -0.15) is 30.2 Å². The first-order valence-corrected chi connectivity index (χ1v) is 10.7. The Balaban J connectivity index is 1.66. The van der Waals surface area contributed by atoms with E-state index in [-0.39, 0.29) is 44.8 Å². The summed E-state index contributed by atoms with van der Waals surface area (Å²) in [5, 5.41) is -0.414. The molecule has 13 heteroatoms. The largest absolute Gasteiger partial charge is 0.447 e. The van der Waals surface area contributed by atoms with Crippen LogP contribution in [-0.4, -0.2) is 90.8 Å². The Morgan fingerprint density at radius 2 is 1.68 bits per heavy atom. The summed E-state index contributed by atoms with van der Waals surface area (Å²) in [5.41, 5.74) is -4.71. The molecule has 0 aromatic carbocycles. The standard InChI is InChI=1S/C15H19F3N4O4S2/c16-15(17,18)27-13-12(2-1-3-19-13)14(23)20-4-6-21(7-5-20)28(24,25)22-8-10-26-11-9-22/h1-3H,4-11H2. The summed E-state index contributed by atoms with van der Waals surface area (Å²) in [7, 11) is -3.65. The number of thioether (sulfide) groups is 1. The van der Waals surface area contributed by atoms with E-state index in [1.54, 1.807) is 0 Å². The van der Waals surface area contributed by atoms with Crippen LogP contribution < -0.4 is 0 Å².